The minimum Gasteiger partial charge on any atom is -0.494 e. The van der Waals surface area contributed by atoms with Crippen molar-refractivity contribution in [3.05, 3.63) is 23.8 Å². The zero-order valence-corrected chi connectivity index (χ0v) is 9.49. The molecule has 0 bridgehead atoms. The fourth-order valence-electron chi connectivity index (χ4n) is 1.30. The molecule has 0 heterocycles. The predicted octanol–water partition coefficient (Wildman–Crippen LogP) is 2.36. The molecule has 1 aromatic carbocycles. The van der Waals surface area contributed by atoms with E-state index >= 15 is 0 Å². The molecule has 1 rings (SSSR count). The van der Waals surface area contributed by atoms with Gasteiger partial charge in [0.1, 0.15) is 11.5 Å². The van der Waals surface area contributed by atoms with Gasteiger partial charge in [0.15, 0.2) is 0 Å². The Hall–Kier alpha value is -1.22. The predicted molar refractivity (Wildman–Crippen MR) is 59.3 cm³/mol. The molecule has 0 saturated heterocycles. The highest BCUT2D eigenvalue weighted by Crippen LogP contribution is 2.25. The Morgan fingerprint density at radius 1 is 1.33 bits per heavy atom. The van der Waals surface area contributed by atoms with Crippen LogP contribution in [0.5, 0.6) is 11.5 Å². The first-order valence-electron chi connectivity index (χ1n) is 5.20. The van der Waals surface area contributed by atoms with Gasteiger partial charge < -0.3 is 14.6 Å². The summed E-state index contributed by atoms with van der Waals surface area (Å²) < 4.78 is 10.9. The van der Waals surface area contributed by atoms with E-state index in [1.165, 1.54) is 0 Å². The highest BCUT2D eigenvalue weighted by atomic mass is 16.5. The molecule has 1 aromatic rings. The third-order valence-electron chi connectivity index (χ3n) is 1.88. The lowest BCUT2D eigenvalue weighted by molar-refractivity contribution is 0.224. The van der Waals surface area contributed by atoms with Gasteiger partial charge >= 0.3 is 0 Å². The Morgan fingerprint density at radius 3 is 2.60 bits per heavy atom. The van der Waals surface area contributed by atoms with Gasteiger partial charge in [-0.1, -0.05) is 0 Å². The second-order valence-electron chi connectivity index (χ2n) is 3.53. The monoisotopic (exact) mass is 210 g/mol. The highest BCUT2D eigenvalue weighted by molar-refractivity contribution is 5.40. The lowest BCUT2D eigenvalue weighted by Gasteiger charge is -2.14. The molecule has 0 aliphatic rings. The summed E-state index contributed by atoms with van der Waals surface area (Å²) in [6, 6.07) is 5.48. The van der Waals surface area contributed by atoms with Gasteiger partial charge in [-0.3, -0.25) is 0 Å². The highest BCUT2D eigenvalue weighted by Gasteiger charge is 2.06. The van der Waals surface area contributed by atoms with Gasteiger partial charge in [-0.25, -0.2) is 0 Å². The standard InChI is InChI=1S/C12H18O3/c1-4-14-11-5-6-12(15-9(2)3)10(7-11)8-13/h5-7,9,13H,4,8H2,1-3H3. The molecule has 0 aliphatic heterocycles. The molecule has 15 heavy (non-hydrogen) atoms. The van der Waals surface area contributed by atoms with Crippen LogP contribution in [0, 0.1) is 0 Å². The zero-order valence-electron chi connectivity index (χ0n) is 9.49. The Bertz CT molecular complexity index is 308. The summed E-state index contributed by atoms with van der Waals surface area (Å²) in [5.41, 5.74) is 0.759. The molecule has 3 heteroatoms. The van der Waals surface area contributed by atoms with Gasteiger partial charge in [0, 0.05) is 5.56 Å². The molecule has 0 amide bonds. The minimum atomic E-state index is -0.0387. The van der Waals surface area contributed by atoms with Crippen LogP contribution in [0.1, 0.15) is 26.3 Å². The molecule has 0 saturated carbocycles. The minimum absolute atomic E-state index is 0.0387. The largest absolute Gasteiger partial charge is 0.494 e. The Kier molecular flexibility index (Phi) is 4.43. The van der Waals surface area contributed by atoms with Crippen molar-refractivity contribution in [2.75, 3.05) is 6.61 Å². The normalized spacial score (nSPS) is 10.5. The zero-order chi connectivity index (χ0) is 11.3. The van der Waals surface area contributed by atoms with Crippen LogP contribution in [0.2, 0.25) is 0 Å². The van der Waals surface area contributed by atoms with Crippen molar-refractivity contribution < 1.29 is 14.6 Å². The number of benzene rings is 1. The van der Waals surface area contributed by atoms with Crippen LogP contribution in [0.25, 0.3) is 0 Å². The number of aliphatic hydroxyl groups excluding tert-OH is 1. The quantitative estimate of drug-likeness (QED) is 0.810. The summed E-state index contributed by atoms with van der Waals surface area (Å²) in [5.74, 6) is 1.48. The molecule has 84 valence electrons. The van der Waals surface area contributed by atoms with Crippen LogP contribution in [-0.2, 0) is 6.61 Å². The van der Waals surface area contributed by atoms with E-state index in [-0.39, 0.29) is 12.7 Å². The molecule has 0 aliphatic carbocycles. The fraction of sp³-hybridized carbons (Fsp3) is 0.500. The maximum atomic E-state index is 9.19. The van der Waals surface area contributed by atoms with Gasteiger partial charge in [-0.15, -0.1) is 0 Å². The SMILES string of the molecule is CCOc1ccc(OC(C)C)c(CO)c1. The van der Waals surface area contributed by atoms with E-state index in [2.05, 4.69) is 0 Å². The Balaban J connectivity index is 2.88. The summed E-state index contributed by atoms with van der Waals surface area (Å²) in [7, 11) is 0. The molecule has 0 atom stereocenters. The fourth-order valence-corrected chi connectivity index (χ4v) is 1.30. The van der Waals surface area contributed by atoms with Gasteiger partial charge in [0.05, 0.1) is 19.3 Å². The van der Waals surface area contributed by atoms with Gasteiger partial charge in [-0.05, 0) is 39.0 Å². The number of ether oxygens (including phenoxy) is 2. The Morgan fingerprint density at radius 2 is 2.07 bits per heavy atom. The first kappa shape index (κ1) is 11.9. The maximum Gasteiger partial charge on any atom is 0.125 e. The van der Waals surface area contributed by atoms with Crippen LogP contribution in [0.15, 0.2) is 18.2 Å². The van der Waals surface area contributed by atoms with E-state index in [9.17, 15) is 5.11 Å². The van der Waals surface area contributed by atoms with E-state index in [1.807, 2.05) is 32.9 Å². The number of hydrogen-bond acceptors (Lipinski definition) is 3. The average Bonchev–Trinajstić information content (AvgIpc) is 2.20. The molecule has 0 fully saturated rings. The summed E-state index contributed by atoms with van der Waals surface area (Å²) in [6.45, 7) is 6.42. The second-order valence-corrected chi connectivity index (χ2v) is 3.53. The van der Waals surface area contributed by atoms with Gasteiger partial charge in [-0.2, -0.15) is 0 Å². The van der Waals surface area contributed by atoms with E-state index in [4.69, 9.17) is 9.47 Å². The van der Waals surface area contributed by atoms with Crippen LogP contribution < -0.4 is 9.47 Å². The lowest BCUT2D eigenvalue weighted by Crippen LogP contribution is -2.07. The molecule has 0 radical (unpaired) electrons. The van der Waals surface area contributed by atoms with Crippen molar-refractivity contribution in [2.24, 2.45) is 0 Å². The number of aliphatic hydroxyl groups is 1. The van der Waals surface area contributed by atoms with E-state index < -0.39 is 0 Å². The van der Waals surface area contributed by atoms with Crippen molar-refractivity contribution in [1.82, 2.24) is 0 Å². The number of rotatable bonds is 5. The van der Waals surface area contributed by atoms with Crippen LogP contribution >= 0.6 is 0 Å². The lowest BCUT2D eigenvalue weighted by atomic mass is 10.2. The van der Waals surface area contributed by atoms with E-state index in [0.29, 0.717) is 6.61 Å². The van der Waals surface area contributed by atoms with E-state index in [0.717, 1.165) is 17.1 Å². The summed E-state index contributed by atoms with van der Waals surface area (Å²) >= 11 is 0. The van der Waals surface area contributed by atoms with Crippen molar-refractivity contribution in [3.63, 3.8) is 0 Å². The summed E-state index contributed by atoms with van der Waals surface area (Å²) in [5, 5.41) is 9.19. The van der Waals surface area contributed by atoms with Crippen LogP contribution in [0.3, 0.4) is 0 Å². The summed E-state index contributed by atoms with van der Waals surface area (Å²) in [4.78, 5) is 0. The molecular weight excluding hydrogens is 192 g/mol. The van der Waals surface area contributed by atoms with Crippen molar-refractivity contribution in [1.29, 1.82) is 0 Å². The smallest absolute Gasteiger partial charge is 0.125 e. The van der Waals surface area contributed by atoms with Crippen LogP contribution in [0.4, 0.5) is 0 Å². The maximum absolute atomic E-state index is 9.19. The molecule has 1 N–H and O–H groups in total. The van der Waals surface area contributed by atoms with E-state index in [1.54, 1.807) is 6.07 Å². The topological polar surface area (TPSA) is 38.7 Å². The molecule has 0 aromatic heterocycles. The molecule has 3 nitrogen and oxygen atoms in total. The van der Waals surface area contributed by atoms with Crippen molar-refractivity contribution >= 4 is 0 Å². The molecule has 0 unspecified atom stereocenters. The Labute approximate surface area is 90.6 Å². The molecular formula is C12H18O3. The van der Waals surface area contributed by atoms with Crippen molar-refractivity contribution in [3.8, 4) is 11.5 Å². The third-order valence-corrected chi connectivity index (χ3v) is 1.88. The number of hydrogen-bond donors (Lipinski definition) is 1. The first-order chi connectivity index (χ1) is 7.17. The van der Waals surface area contributed by atoms with Gasteiger partial charge in [0.2, 0.25) is 0 Å². The third kappa shape index (κ3) is 3.44. The van der Waals surface area contributed by atoms with Gasteiger partial charge in [0.25, 0.3) is 0 Å². The van der Waals surface area contributed by atoms with Crippen molar-refractivity contribution in [2.45, 2.75) is 33.5 Å². The first-order valence-corrected chi connectivity index (χ1v) is 5.20. The summed E-state index contributed by atoms with van der Waals surface area (Å²) in [6.07, 6.45) is 0.105. The van der Waals surface area contributed by atoms with Crippen LogP contribution in [-0.4, -0.2) is 17.8 Å². The average molecular weight is 210 g/mol. The second kappa shape index (κ2) is 5.61. The molecule has 0 spiro atoms.